The summed E-state index contributed by atoms with van der Waals surface area (Å²) in [6.45, 7) is 9.11. The lowest BCUT2D eigenvalue weighted by Gasteiger charge is -2.31. The molecule has 1 rings (SSSR count). The highest BCUT2D eigenvalue weighted by atomic mass is 28.4. The lowest BCUT2D eigenvalue weighted by Crippen LogP contribution is -2.38. The molecule has 2 heteroatoms. The van der Waals surface area contributed by atoms with Crippen LogP contribution in [0, 0.1) is 0 Å². The van der Waals surface area contributed by atoms with Gasteiger partial charge in [0.15, 0.2) is 8.32 Å². The summed E-state index contributed by atoms with van der Waals surface area (Å²) >= 11 is 0. The van der Waals surface area contributed by atoms with Crippen molar-refractivity contribution in [3.05, 3.63) is 11.6 Å². The van der Waals surface area contributed by atoms with Crippen molar-refractivity contribution in [2.75, 3.05) is 0 Å². The Bertz CT molecular complexity index is 198. The van der Waals surface area contributed by atoms with Gasteiger partial charge in [-0.1, -0.05) is 32.4 Å². The molecule has 1 atom stereocenters. The van der Waals surface area contributed by atoms with Crippen LogP contribution in [0.15, 0.2) is 11.6 Å². The average molecular weight is 212 g/mol. The lowest BCUT2D eigenvalue weighted by atomic mass is 10.3. The van der Waals surface area contributed by atoms with Gasteiger partial charge in [0.1, 0.15) is 0 Å². The molecular weight excluding hydrogens is 188 g/mol. The van der Waals surface area contributed by atoms with Gasteiger partial charge in [0.2, 0.25) is 0 Å². The second-order valence-electron chi connectivity index (χ2n) is 4.45. The molecule has 1 aliphatic carbocycles. The van der Waals surface area contributed by atoms with Gasteiger partial charge in [-0.15, -0.1) is 0 Å². The Morgan fingerprint density at radius 1 is 1.29 bits per heavy atom. The maximum Gasteiger partial charge on any atom is 0.192 e. The quantitative estimate of drug-likeness (QED) is 0.492. The molecule has 0 aliphatic heterocycles. The number of rotatable bonds is 5. The monoisotopic (exact) mass is 212 g/mol. The van der Waals surface area contributed by atoms with Gasteiger partial charge < -0.3 is 4.43 Å². The molecule has 0 N–H and O–H groups in total. The van der Waals surface area contributed by atoms with Crippen molar-refractivity contribution in [1.29, 1.82) is 0 Å². The summed E-state index contributed by atoms with van der Waals surface area (Å²) in [5, 5.41) is 0. The van der Waals surface area contributed by atoms with Gasteiger partial charge in [-0.25, -0.2) is 0 Å². The van der Waals surface area contributed by atoms with Crippen molar-refractivity contribution in [1.82, 2.24) is 0 Å². The molecule has 0 saturated heterocycles. The van der Waals surface area contributed by atoms with E-state index in [9.17, 15) is 0 Å². The van der Waals surface area contributed by atoms with E-state index in [0.717, 1.165) is 0 Å². The minimum atomic E-state index is -1.36. The summed E-state index contributed by atoms with van der Waals surface area (Å²) in [5.74, 6) is 0. The van der Waals surface area contributed by atoms with E-state index >= 15 is 0 Å². The molecule has 0 amide bonds. The van der Waals surface area contributed by atoms with Crippen molar-refractivity contribution in [3.8, 4) is 0 Å². The third-order valence-corrected chi connectivity index (χ3v) is 8.30. The number of allylic oxidation sites excluding steroid dienone is 1. The smallest absolute Gasteiger partial charge is 0.192 e. The molecule has 0 aromatic heterocycles. The zero-order valence-corrected chi connectivity index (χ0v) is 11.1. The van der Waals surface area contributed by atoms with Gasteiger partial charge in [-0.3, -0.25) is 0 Å². The molecule has 0 saturated carbocycles. The zero-order valence-electron chi connectivity index (χ0n) is 10.1. The van der Waals surface area contributed by atoms with Gasteiger partial charge in [0, 0.05) is 0 Å². The van der Waals surface area contributed by atoms with Crippen molar-refractivity contribution in [3.63, 3.8) is 0 Å². The molecule has 0 aromatic rings. The molecule has 0 bridgehead atoms. The van der Waals surface area contributed by atoms with Crippen LogP contribution in [0.4, 0.5) is 0 Å². The average Bonchev–Trinajstić information content (AvgIpc) is 2.61. The van der Waals surface area contributed by atoms with Crippen molar-refractivity contribution in [2.45, 2.75) is 64.8 Å². The van der Waals surface area contributed by atoms with Gasteiger partial charge in [0.05, 0.1) is 6.10 Å². The fourth-order valence-corrected chi connectivity index (χ4v) is 5.10. The van der Waals surface area contributed by atoms with Crippen LogP contribution in [-0.2, 0) is 4.43 Å². The molecule has 0 fully saturated rings. The molecule has 0 heterocycles. The topological polar surface area (TPSA) is 9.23 Å². The molecule has 0 aromatic carbocycles. The first-order chi connectivity index (χ1) is 6.65. The van der Waals surface area contributed by atoms with E-state index in [1.165, 1.54) is 36.5 Å². The summed E-state index contributed by atoms with van der Waals surface area (Å²) in [4.78, 5) is 0. The lowest BCUT2D eigenvalue weighted by molar-refractivity contribution is 0.232. The van der Waals surface area contributed by atoms with Gasteiger partial charge in [-0.05, 0) is 37.9 Å². The number of hydrogen-bond acceptors (Lipinski definition) is 1. The summed E-state index contributed by atoms with van der Waals surface area (Å²) in [6, 6.07) is 3.80. The Morgan fingerprint density at radius 3 is 2.21 bits per heavy atom. The van der Waals surface area contributed by atoms with E-state index in [-0.39, 0.29) is 0 Å². The second kappa shape index (κ2) is 5.13. The Hall–Kier alpha value is -0.0831. The molecule has 0 radical (unpaired) electrons. The van der Waals surface area contributed by atoms with E-state index in [1.54, 1.807) is 0 Å². The minimum absolute atomic E-state index is 0.446. The van der Waals surface area contributed by atoms with E-state index in [0.29, 0.717) is 6.10 Å². The first-order valence-corrected chi connectivity index (χ1v) is 8.54. The fraction of sp³-hybridized carbons (Fsp3) is 0.833. The largest absolute Gasteiger partial charge is 0.411 e. The summed E-state index contributed by atoms with van der Waals surface area (Å²) in [7, 11) is -1.36. The van der Waals surface area contributed by atoms with Crippen LogP contribution >= 0.6 is 0 Å². The highest BCUT2D eigenvalue weighted by molar-refractivity contribution is 6.73. The van der Waals surface area contributed by atoms with E-state index in [1.807, 2.05) is 0 Å². The highest BCUT2D eigenvalue weighted by Crippen LogP contribution is 2.29. The SMILES string of the molecule is CC[Si](CC)(CC)OC1C=C(C)CC1. The van der Waals surface area contributed by atoms with E-state index < -0.39 is 8.32 Å². The van der Waals surface area contributed by atoms with Crippen LogP contribution in [-0.4, -0.2) is 14.4 Å². The maximum absolute atomic E-state index is 6.38. The van der Waals surface area contributed by atoms with E-state index in [4.69, 9.17) is 4.43 Å². The van der Waals surface area contributed by atoms with Crippen LogP contribution in [0.1, 0.15) is 40.5 Å². The normalized spacial score (nSPS) is 22.6. The van der Waals surface area contributed by atoms with Crippen molar-refractivity contribution in [2.24, 2.45) is 0 Å². The van der Waals surface area contributed by atoms with Crippen LogP contribution in [0.25, 0.3) is 0 Å². The minimum Gasteiger partial charge on any atom is -0.411 e. The van der Waals surface area contributed by atoms with Crippen molar-refractivity contribution >= 4 is 8.32 Å². The Kier molecular flexibility index (Phi) is 4.39. The van der Waals surface area contributed by atoms with Gasteiger partial charge in [0.25, 0.3) is 0 Å². The van der Waals surface area contributed by atoms with Crippen LogP contribution in [0.3, 0.4) is 0 Å². The fourth-order valence-electron chi connectivity index (χ4n) is 2.27. The predicted molar refractivity (Wildman–Crippen MR) is 65.1 cm³/mol. The van der Waals surface area contributed by atoms with Crippen molar-refractivity contribution < 1.29 is 4.43 Å². The zero-order chi connectivity index (χ0) is 10.6. The molecule has 1 unspecified atom stereocenters. The van der Waals surface area contributed by atoms with E-state index in [2.05, 4.69) is 33.8 Å². The molecule has 82 valence electrons. The molecule has 1 aliphatic rings. The third-order valence-electron chi connectivity index (χ3n) is 3.63. The van der Waals surface area contributed by atoms with Crippen LogP contribution < -0.4 is 0 Å². The molecule has 0 spiro atoms. The predicted octanol–water partition coefficient (Wildman–Crippen LogP) is 4.12. The highest BCUT2D eigenvalue weighted by Gasteiger charge is 2.32. The van der Waals surface area contributed by atoms with Gasteiger partial charge in [-0.2, -0.15) is 0 Å². The molecule has 14 heavy (non-hydrogen) atoms. The Morgan fingerprint density at radius 2 is 1.86 bits per heavy atom. The summed E-state index contributed by atoms with van der Waals surface area (Å²) in [6.07, 6.45) is 5.25. The Labute approximate surface area is 89.7 Å². The summed E-state index contributed by atoms with van der Waals surface area (Å²) < 4.78 is 6.38. The Balaban J connectivity index is 2.56. The summed E-state index contributed by atoms with van der Waals surface area (Å²) in [5.41, 5.74) is 1.52. The molecule has 1 nitrogen and oxygen atoms in total. The first kappa shape index (κ1) is 12.0. The van der Waals surface area contributed by atoms with Crippen LogP contribution in [0.2, 0.25) is 18.1 Å². The standard InChI is InChI=1S/C12H24OSi/c1-5-14(6-2,7-3)13-12-9-8-11(4)10-12/h10,12H,5-9H2,1-4H3. The van der Waals surface area contributed by atoms with Gasteiger partial charge >= 0.3 is 0 Å². The second-order valence-corrected chi connectivity index (χ2v) is 9.17. The third kappa shape index (κ3) is 2.70. The maximum atomic E-state index is 6.38. The number of hydrogen-bond donors (Lipinski definition) is 0. The first-order valence-electron chi connectivity index (χ1n) is 6.01. The molecular formula is C12H24OSi. The van der Waals surface area contributed by atoms with Crippen LogP contribution in [0.5, 0.6) is 0 Å².